The summed E-state index contributed by atoms with van der Waals surface area (Å²) in [4.78, 5) is 12.2. The molecular formula is C26H26O3. The van der Waals surface area contributed by atoms with Crippen LogP contribution in [0, 0.1) is 0 Å². The van der Waals surface area contributed by atoms with Crippen LogP contribution in [0.4, 0.5) is 0 Å². The van der Waals surface area contributed by atoms with E-state index in [1.165, 1.54) is 11.1 Å². The van der Waals surface area contributed by atoms with E-state index in [4.69, 9.17) is 9.47 Å². The van der Waals surface area contributed by atoms with Crippen molar-refractivity contribution in [3.63, 3.8) is 0 Å². The summed E-state index contributed by atoms with van der Waals surface area (Å²) in [6.07, 6.45) is 5.38. The molecule has 3 rings (SSSR count). The number of ether oxygens (including phenoxy) is 2. The van der Waals surface area contributed by atoms with Crippen molar-refractivity contribution in [2.45, 2.75) is 26.2 Å². The number of benzene rings is 3. The van der Waals surface area contributed by atoms with Crippen molar-refractivity contribution in [3.05, 3.63) is 102 Å². The van der Waals surface area contributed by atoms with Gasteiger partial charge < -0.3 is 9.47 Å². The lowest BCUT2D eigenvalue weighted by Gasteiger charge is -2.07. The number of rotatable bonds is 9. The minimum absolute atomic E-state index is 0.221. The van der Waals surface area contributed by atoms with Gasteiger partial charge in [-0.1, -0.05) is 72.8 Å². The van der Waals surface area contributed by atoms with Gasteiger partial charge in [-0.3, -0.25) is 4.79 Å². The highest BCUT2D eigenvalue weighted by Gasteiger charge is 2.06. The Labute approximate surface area is 172 Å². The number of allylic oxidation sites excluding steroid dienone is 1. The Morgan fingerprint density at radius 3 is 2.10 bits per heavy atom. The molecule has 0 aromatic heterocycles. The Hall–Kier alpha value is -3.33. The van der Waals surface area contributed by atoms with Crippen LogP contribution in [0.1, 0.15) is 24.5 Å². The van der Waals surface area contributed by atoms with E-state index in [1.54, 1.807) is 6.26 Å². The molecule has 148 valence electrons. The van der Waals surface area contributed by atoms with E-state index >= 15 is 0 Å². The molecule has 3 aromatic carbocycles. The van der Waals surface area contributed by atoms with Gasteiger partial charge in [0, 0.05) is 12.8 Å². The van der Waals surface area contributed by atoms with E-state index in [2.05, 4.69) is 36.4 Å². The molecule has 0 saturated heterocycles. The fraction of sp³-hybridized carbons (Fsp3) is 0.192. The zero-order valence-electron chi connectivity index (χ0n) is 16.7. The van der Waals surface area contributed by atoms with Crippen LogP contribution in [-0.4, -0.2) is 12.6 Å². The van der Waals surface area contributed by atoms with Crippen molar-refractivity contribution >= 4 is 5.97 Å². The van der Waals surface area contributed by atoms with Crippen molar-refractivity contribution in [1.29, 1.82) is 0 Å². The normalized spacial score (nSPS) is 10.8. The fourth-order valence-electron chi connectivity index (χ4n) is 2.99. The minimum Gasteiger partial charge on any atom is -0.501 e. The van der Waals surface area contributed by atoms with Gasteiger partial charge in [0.05, 0.1) is 12.9 Å². The van der Waals surface area contributed by atoms with Crippen molar-refractivity contribution < 1.29 is 14.3 Å². The molecule has 0 radical (unpaired) electrons. The molecule has 0 amide bonds. The van der Waals surface area contributed by atoms with E-state index in [0.717, 1.165) is 17.5 Å². The molecule has 0 aliphatic rings. The molecule has 0 saturated carbocycles. The third-order valence-electron chi connectivity index (χ3n) is 4.57. The number of hydrogen-bond donors (Lipinski definition) is 0. The maximum absolute atomic E-state index is 12.2. The van der Waals surface area contributed by atoms with Gasteiger partial charge in [-0.15, -0.1) is 0 Å². The van der Waals surface area contributed by atoms with E-state index in [-0.39, 0.29) is 5.97 Å². The first-order chi connectivity index (χ1) is 14.2. The summed E-state index contributed by atoms with van der Waals surface area (Å²) in [5, 5.41) is 0. The highest BCUT2D eigenvalue weighted by atomic mass is 16.5. The maximum atomic E-state index is 12.2. The number of aryl methyl sites for hydroxylation is 1. The quantitative estimate of drug-likeness (QED) is 0.196. The van der Waals surface area contributed by atoms with Gasteiger partial charge in [0.1, 0.15) is 5.75 Å². The van der Waals surface area contributed by atoms with Crippen molar-refractivity contribution in [1.82, 2.24) is 0 Å². The Morgan fingerprint density at radius 1 is 0.793 bits per heavy atom. The van der Waals surface area contributed by atoms with Crippen LogP contribution in [0.2, 0.25) is 0 Å². The Bertz CT molecular complexity index is 910. The van der Waals surface area contributed by atoms with Gasteiger partial charge in [0.2, 0.25) is 0 Å². The Balaban J connectivity index is 1.45. The molecule has 0 spiro atoms. The van der Waals surface area contributed by atoms with Gasteiger partial charge in [0.25, 0.3) is 0 Å². The lowest BCUT2D eigenvalue weighted by molar-refractivity contribution is -0.134. The first kappa shape index (κ1) is 20.4. The third-order valence-corrected chi connectivity index (χ3v) is 4.57. The van der Waals surface area contributed by atoms with Crippen LogP contribution in [0.3, 0.4) is 0 Å². The van der Waals surface area contributed by atoms with Gasteiger partial charge in [-0.25, -0.2) is 0 Å². The summed E-state index contributed by atoms with van der Waals surface area (Å²) in [6, 6.07) is 26.2. The first-order valence-electron chi connectivity index (χ1n) is 9.91. The maximum Gasteiger partial charge on any atom is 0.311 e. The number of carbonyl (C=O) groups is 1. The molecule has 0 aliphatic heterocycles. The van der Waals surface area contributed by atoms with E-state index in [0.29, 0.717) is 25.2 Å². The second kappa shape index (κ2) is 10.9. The topological polar surface area (TPSA) is 35.5 Å². The second-order valence-corrected chi connectivity index (χ2v) is 6.77. The molecule has 0 atom stereocenters. The third kappa shape index (κ3) is 6.65. The molecule has 0 heterocycles. The molecule has 0 aliphatic carbocycles. The summed E-state index contributed by atoms with van der Waals surface area (Å²) in [6.45, 7) is 2.55. The molecule has 3 nitrogen and oxygen atoms in total. The standard InChI is InChI=1S/C26H26O3/c1-2-19-28-20-18-22-10-15-25(16-11-22)29-26(27)17-12-21-8-13-24(14-9-21)23-6-4-3-5-7-23/h2-11,13-16,19H,12,17-18,20H2,1H3. The average Bonchev–Trinajstić information content (AvgIpc) is 2.77. The SMILES string of the molecule is CC=COCCc1ccc(OC(=O)CCc2ccc(-c3ccccc3)cc2)cc1. The molecule has 3 heteroatoms. The highest BCUT2D eigenvalue weighted by molar-refractivity contribution is 5.72. The molecule has 0 unspecified atom stereocenters. The zero-order valence-corrected chi connectivity index (χ0v) is 16.7. The van der Waals surface area contributed by atoms with Crippen LogP contribution in [0.25, 0.3) is 11.1 Å². The number of carbonyl (C=O) groups excluding carboxylic acids is 1. The van der Waals surface area contributed by atoms with E-state index in [1.807, 2.05) is 55.5 Å². The Kier molecular flexibility index (Phi) is 7.64. The van der Waals surface area contributed by atoms with E-state index < -0.39 is 0 Å². The van der Waals surface area contributed by atoms with Gasteiger partial charge in [-0.2, -0.15) is 0 Å². The van der Waals surface area contributed by atoms with Crippen LogP contribution in [0.5, 0.6) is 5.75 Å². The molecule has 0 N–H and O–H groups in total. The van der Waals surface area contributed by atoms with Gasteiger partial charge in [-0.05, 0) is 47.7 Å². The number of hydrogen-bond acceptors (Lipinski definition) is 3. The lowest BCUT2D eigenvalue weighted by Crippen LogP contribution is -2.09. The number of esters is 1. The summed E-state index contributed by atoms with van der Waals surface area (Å²) in [5.74, 6) is 0.355. The van der Waals surface area contributed by atoms with Crippen molar-refractivity contribution in [3.8, 4) is 16.9 Å². The van der Waals surface area contributed by atoms with Crippen LogP contribution < -0.4 is 4.74 Å². The smallest absolute Gasteiger partial charge is 0.311 e. The molecule has 0 fully saturated rings. The summed E-state index contributed by atoms with van der Waals surface area (Å²) >= 11 is 0. The minimum atomic E-state index is -0.221. The van der Waals surface area contributed by atoms with Gasteiger partial charge >= 0.3 is 5.97 Å². The molecule has 29 heavy (non-hydrogen) atoms. The van der Waals surface area contributed by atoms with E-state index in [9.17, 15) is 4.79 Å². The largest absolute Gasteiger partial charge is 0.501 e. The average molecular weight is 386 g/mol. The molecular weight excluding hydrogens is 360 g/mol. The van der Waals surface area contributed by atoms with Gasteiger partial charge in [0.15, 0.2) is 0 Å². The lowest BCUT2D eigenvalue weighted by atomic mass is 10.0. The van der Waals surface area contributed by atoms with Crippen LogP contribution >= 0.6 is 0 Å². The monoisotopic (exact) mass is 386 g/mol. The zero-order chi connectivity index (χ0) is 20.3. The van der Waals surface area contributed by atoms with Crippen LogP contribution in [0.15, 0.2) is 91.2 Å². The van der Waals surface area contributed by atoms with Crippen LogP contribution in [-0.2, 0) is 22.4 Å². The predicted octanol–water partition coefficient (Wildman–Crippen LogP) is 5.98. The highest BCUT2D eigenvalue weighted by Crippen LogP contribution is 2.20. The Morgan fingerprint density at radius 2 is 1.41 bits per heavy atom. The fourth-order valence-corrected chi connectivity index (χ4v) is 2.99. The predicted molar refractivity (Wildman–Crippen MR) is 117 cm³/mol. The molecule has 3 aromatic rings. The molecule has 0 bridgehead atoms. The van der Waals surface area contributed by atoms with Crippen molar-refractivity contribution in [2.24, 2.45) is 0 Å². The summed E-state index contributed by atoms with van der Waals surface area (Å²) in [5.41, 5.74) is 4.63. The van der Waals surface area contributed by atoms with Crippen molar-refractivity contribution in [2.75, 3.05) is 6.61 Å². The summed E-state index contributed by atoms with van der Waals surface area (Å²) < 4.78 is 10.8. The first-order valence-corrected chi connectivity index (χ1v) is 9.91. The summed E-state index contributed by atoms with van der Waals surface area (Å²) in [7, 11) is 0. The second-order valence-electron chi connectivity index (χ2n) is 6.77.